The maximum Gasteiger partial charge on any atom is 0.338 e. The van der Waals surface area contributed by atoms with Crippen molar-refractivity contribution in [2.75, 3.05) is 44.2 Å². The van der Waals surface area contributed by atoms with Crippen LogP contribution in [0.4, 0.5) is 19.3 Å². The SMILES string of the molecule is CCOC(=O)C1=C(CN2CCN(c3ccc(Cl)cc3)CC2)NC(=O)N[C@@H]1c1ccc(F)c(F)c1. The molecule has 0 spiro atoms. The first kappa shape index (κ1) is 24.0. The summed E-state index contributed by atoms with van der Waals surface area (Å²) in [5.41, 5.74) is 1.88. The van der Waals surface area contributed by atoms with Crippen molar-refractivity contribution in [2.45, 2.75) is 13.0 Å². The van der Waals surface area contributed by atoms with Crippen LogP contribution in [-0.4, -0.2) is 56.2 Å². The molecule has 0 unspecified atom stereocenters. The number of esters is 1. The molecule has 4 rings (SSSR count). The van der Waals surface area contributed by atoms with Gasteiger partial charge in [0.1, 0.15) is 0 Å². The lowest BCUT2D eigenvalue weighted by Crippen LogP contribution is -2.51. The third kappa shape index (κ3) is 5.31. The van der Waals surface area contributed by atoms with Gasteiger partial charge >= 0.3 is 12.0 Å². The Hall–Kier alpha value is -3.17. The molecule has 1 saturated heterocycles. The van der Waals surface area contributed by atoms with Crippen LogP contribution in [0, 0.1) is 11.6 Å². The number of anilines is 1. The van der Waals surface area contributed by atoms with Crippen LogP contribution in [0.3, 0.4) is 0 Å². The van der Waals surface area contributed by atoms with Crippen LogP contribution < -0.4 is 15.5 Å². The molecule has 180 valence electrons. The molecule has 2 amide bonds. The Morgan fingerprint density at radius 1 is 1.09 bits per heavy atom. The molecular formula is C24H25ClF2N4O3. The number of hydrogen-bond donors (Lipinski definition) is 2. The summed E-state index contributed by atoms with van der Waals surface area (Å²) in [5.74, 6) is -2.70. The number of carbonyl (C=O) groups is 2. The van der Waals surface area contributed by atoms with Crippen LogP contribution >= 0.6 is 11.6 Å². The minimum Gasteiger partial charge on any atom is -0.463 e. The second-order valence-corrected chi connectivity index (χ2v) is 8.49. The van der Waals surface area contributed by atoms with Gasteiger partial charge in [-0.2, -0.15) is 0 Å². The molecule has 34 heavy (non-hydrogen) atoms. The van der Waals surface area contributed by atoms with Crippen LogP contribution in [-0.2, 0) is 9.53 Å². The first-order valence-corrected chi connectivity index (χ1v) is 11.4. The quantitative estimate of drug-likeness (QED) is 0.605. The van der Waals surface area contributed by atoms with E-state index in [0.717, 1.165) is 30.9 Å². The number of piperazine rings is 1. The molecule has 1 atom stereocenters. The highest BCUT2D eigenvalue weighted by molar-refractivity contribution is 6.30. The Bertz CT molecular complexity index is 1100. The lowest BCUT2D eigenvalue weighted by atomic mass is 9.94. The Morgan fingerprint density at radius 3 is 2.44 bits per heavy atom. The minimum absolute atomic E-state index is 0.133. The monoisotopic (exact) mass is 490 g/mol. The van der Waals surface area contributed by atoms with Crippen molar-refractivity contribution >= 4 is 29.3 Å². The molecular weight excluding hydrogens is 466 g/mol. The molecule has 2 aliphatic heterocycles. The summed E-state index contributed by atoms with van der Waals surface area (Å²) < 4.78 is 32.6. The zero-order valence-corrected chi connectivity index (χ0v) is 19.4. The Balaban J connectivity index is 1.56. The fraction of sp³-hybridized carbons (Fsp3) is 0.333. The first-order chi connectivity index (χ1) is 16.4. The number of hydrogen-bond acceptors (Lipinski definition) is 5. The molecule has 10 heteroatoms. The van der Waals surface area contributed by atoms with E-state index in [-0.39, 0.29) is 17.7 Å². The normalized spacial score (nSPS) is 19.0. The van der Waals surface area contributed by atoms with Crippen molar-refractivity contribution in [3.8, 4) is 0 Å². The van der Waals surface area contributed by atoms with Crippen molar-refractivity contribution in [2.24, 2.45) is 0 Å². The summed E-state index contributed by atoms with van der Waals surface area (Å²) in [7, 11) is 0. The second-order valence-electron chi connectivity index (χ2n) is 8.06. The van der Waals surface area contributed by atoms with Gasteiger partial charge in [-0.3, -0.25) is 4.90 Å². The smallest absolute Gasteiger partial charge is 0.338 e. The summed E-state index contributed by atoms with van der Waals surface area (Å²) in [6, 6.07) is 9.44. The zero-order valence-electron chi connectivity index (χ0n) is 18.6. The fourth-order valence-corrected chi connectivity index (χ4v) is 4.30. The Morgan fingerprint density at radius 2 is 1.79 bits per heavy atom. The maximum absolute atomic E-state index is 13.9. The third-order valence-corrected chi connectivity index (χ3v) is 6.12. The van der Waals surface area contributed by atoms with Gasteiger partial charge in [0.2, 0.25) is 0 Å². The average molecular weight is 491 g/mol. The van der Waals surface area contributed by atoms with Gasteiger partial charge in [0.05, 0.1) is 18.2 Å². The van der Waals surface area contributed by atoms with Gasteiger partial charge in [0, 0.05) is 49.1 Å². The highest BCUT2D eigenvalue weighted by Crippen LogP contribution is 2.29. The first-order valence-electron chi connectivity index (χ1n) is 11.0. The number of carbonyl (C=O) groups excluding carboxylic acids is 2. The number of ether oxygens (including phenoxy) is 1. The molecule has 1 fully saturated rings. The molecule has 0 aliphatic carbocycles. The van der Waals surface area contributed by atoms with Crippen molar-refractivity contribution in [1.82, 2.24) is 15.5 Å². The molecule has 2 aliphatic rings. The Kier molecular flexibility index (Phi) is 7.33. The molecule has 0 radical (unpaired) electrons. The lowest BCUT2D eigenvalue weighted by Gasteiger charge is -2.38. The van der Waals surface area contributed by atoms with Crippen LogP contribution in [0.15, 0.2) is 53.7 Å². The van der Waals surface area contributed by atoms with Gasteiger partial charge in [-0.15, -0.1) is 0 Å². The van der Waals surface area contributed by atoms with Gasteiger partial charge in [-0.1, -0.05) is 17.7 Å². The maximum atomic E-state index is 13.9. The van der Waals surface area contributed by atoms with Gasteiger partial charge in [-0.05, 0) is 48.9 Å². The van der Waals surface area contributed by atoms with E-state index in [4.69, 9.17) is 16.3 Å². The molecule has 2 aromatic carbocycles. The second kappa shape index (κ2) is 10.4. The summed E-state index contributed by atoms with van der Waals surface area (Å²) in [6.07, 6.45) is 0. The largest absolute Gasteiger partial charge is 0.463 e. The third-order valence-electron chi connectivity index (χ3n) is 5.87. The predicted octanol–water partition coefficient (Wildman–Crippen LogP) is 3.61. The zero-order chi connectivity index (χ0) is 24.2. The number of nitrogens with one attached hydrogen (secondary N) is 2. The minimum atomic E-state index is -1.06. The van der Waals surface area contributed by atoms with E-state index < -0.39 is 29.7 Å². The van der Waals surface area contributed by atoms with Crippen molar-refractivity contribution in [3.05, 3.63) is 76.0 Å². The number of amides is 2. The van der Waals surface area contributed by atoms with Crippen LogP contribution in [0.1, 0.15) is 18.5 Å². The van der Waals surface area contributed by atoms with Crippen molar-refractivity contribution in [1.29, 1.82) is 0 Å². The van der Waals surface area contributed by atoms with E-state index in [0.29, 0.717) is 30.4 Å². The summed E-state index contributed by atoms with van der Waals surface area (Å²) in [4.78, 5) is 29.7. The van der Waals surface area contributed by atoms with Crippen LogP contribution in [0.2, 0.25) is 5.02 Å². The number of urea groups is 1. The number of nitrogens with zero attached hydrogens (tertiary/aromatic N) is 2. The number of rotatable bonds is 6. The van der Waals surface area contributed by atoms with E-state index in [2.05, 4.69) is 20.4 Å². The van der Waals surface area contributed by atoms with Gasteiger partial charge in [-0.25, -0.2) is 18.4 Å². The summed E-state index contributed by atoms with van der Waals surface area (Å²) in [5, 5.41) is 6.03. The summed E-state index contributed by atoms with van der Waals surface area (Å²) >= 11 is 5.98. The van der Waals surface area contributed by atoms with E-state index >= 15 is 0 Å². The summed E-state index contributed by atoms with van der Waals surface area (Å²) in [6.45, 7) is 5.01. The van der Waals surface area contributed by atoms with E-state index in [1.54, 1.807) is 6.92 Å². The molecule has 2 aromatic rings. The topological polar surface area (TPSA) is 73.9 Å². The van der Waals surface area contributed by atoms with E-state index in [9.17, 15) is 18.4 Å². The van der Waals surface area contributed by atoms with E-state index in [1.807, 2.05) is 24.3 Å². The predicted molar refractivity (Wildman–Crippen MR) is 125 cm³/mol. The fourth-order valence-electron chi connectivity index (χ4n) is 4.17. The molecule has 2 N–H and O–H groups in total. The van der Waals surface area contributed by atoms with Crippen LogP contribution in [0.25, 0.3) is 0 Å². The average Bonchev–Trinajstić information content (AvgIpc) is 2.81. The molecule has 0 bridgehead atoms. The van der Waals surface area contributed by atoms with Crippen LogP contribution in [0.5, 0.6) is 0 Å². The number of benzene rings is 2. The van der Waals surface area contributed by atoms with Crippen molar-refractivity contribution < 1.29 is 23.1 Å². The van der Waals surface area contributed by atoms with Gasteiger partial charge in [0.25, 0.3) is 0 Å². The molecule has 2 heterocycles. The number of halogens is 3. The Labute approximate surface area is 201 Å². The standard InChI is InChI=1S/C24H25ClF2N4O3/c1-2-34-23(32)21-20(28-24(33)29-22(21)15-3-8-18(26)19(27)13-15)14-30-9-11-31(12-10-30)17-6-4-16(25)5-7-17/h3-8,13,22H,2,9-12,14H2,1H3,(H2,28,29,33)/t22-/m1/s1. The lowest BCUT2D eigenvalue weighted by molar-refractivity contribution is -0.139. The van der Waals surface area contributed by atoms with Gasteiger partial charge in [0.15, 0.2) is 11.6 Å². The van der Waals surface area contributed by atoms with Gasteiger partial charge < -0.3 is 20.3 Å². The van der Waals surface area contributed by atoms with Crippen molar-refractivity contribution in [3.63, 3.8) is 0 Å². The highest BCUT2D eigenvalue weighted by atomic mass is 35.5. The molecule has 0 saturated carbocycles. The van der Waals surface area contributed by atoms with E-state index in [1.165, 1.54) is 6.07 Å². The molecule has 7 nitrogen and oxygen atoms in total. The molecule has 0 aromatic heterocycles. The highest BCUT2D eigenvalue weighted by Gasteiger charge is 2.35.